The summed E-state index contributed by atoms with van der Waals surface area (Å²) in [6.45, 7) is 0. The second-order valence-electron chi connectivity index (χ2n) is 2.81. The highest BCUT2D eigenvalue weighted by molar-refractivity contribution is 14.1. The molecule has 0 atom stereocenters. The van der Waals surface area contributed by atoms with Crippen LogP contribution in [0.25, 0.3) is 5.69 Å². The second-order valence-corrected chi connectivity index (χ2v) is 4.49. The molecule has 0 amide bonds. The third kappa shape index (κ3) is 1.85. The fourth-order valence-electron chi connectivity index (χ4n) is 1.15. The number of nitrogen functional groups attached to an aromatic ring is 1. The summed E-state index contributed by atoms with van der Waals surface area (Å²) in [7, 11) is 0. The Kier molecular flexibility index (Phi) is 2.64. The first-order valence-corrected chi connectivity index (χ1v) is 5.38. The van der Waals surface area contributed by atoms with E-state index in [-0.39, 0.29) is 0 Å². The van der Waals surface area contributed by atoms with Gasteiger partial charge >= 0.3 is 0 Å². The van der Waals surface area contributed by atoms with E-state index in [4.69, 9.17) is 17.3 Å². The molecule has 0 aliphatic carbocycles. The number of rotatable bonds is 1. The van der Waals surface area contributed by atoms with Gasteiger partial charge in [-0.3, -0.25) is 0 Å². The summed E-state index contributed by atoms with van der Waals surface area (Å²) in [5, 5.41) is 4.81. The fraction of sp³-hybridized carbons (Fsp3) is 0. The van der Waals surface area contributed by atoms with Crippen molar-refractivity contribution in [1.29, 1.82) is 0 Å². The number of anilines is 1. The van der Waals surface area contributed by atoms with Gasteiger partial charge in [0.1, 0.15) is 0 Å². The zero-order valence-corrected chi connectivity index (χ0v) is 10.0. The van der Waals surface area contributed by atoms with E-state index in [1.807, 2.05) is 6.20 Å². The second kappa shape index (κ2) is 3.78. The van der Waals surface area contributed by atoms with Gasteiger partial charge in [-0.1, -0.05) is 11.6 Å². The molecule has 72 valence electrons. The molecule has 0 saturated heterocycles. The van der Waals surface area contributed by atoms with E-state index >= 15 is 0 Å². The number of benzene rings is 1. The zero-order valence-electron chi connectivity index (χ0n) is 7.11. The molecule has 2 N–H and O–H groups in total. The molecular weight excluding hydrogens is 312 g/mol. The molecule has 14 heavy (non-hydrogen) atoms. The summed E-state index contributed by atoms with van der Waals surface area (Å²) in [6.07, 6.45) is 3.66. The van der Waals surface area contributed by atoms with Gasteiger partial charge in [0.15, 0.2) is 0 Å². The van der Waals surface area contributed by atoms with Gasteiger partial charge in [-0.2, -0.15) is 5.10 Å². The van der Waals surface area contributed by atoms with Gasteiger partial charge in [-0.25, -0.2) is 4.68 Å². The molecule has 0 fully saturated rings. The first-order chi connectivity index (χ1) is 6.66. The van der Waals surface area contributed by atoms with Crippen molar-refractivity contribution in [2.24, 2.45) is 0 Å². The average molecular weight is 320 g/mol. The Morgan fingerprint density at radius 3 is 2.86 bits per heavy atom. The number of hydrogen-bond acceptors (Lipinski definition) is 2. The standard InChI is InChI=1S/C9H7ClIN3/c10-6-1-2-8(12)9(3-6)14-5-7(11)4-13-14/h1-5H,12H2. The van der Waals surface area contributed by atoms with Gasteiger partial charge in [0, 0.05) is 11.2 Å². The van der Waals surface area contributed by atoms with Crippen molar-refractivity contribution in [2.75, 3.05) is 5.73 Å². The molecule has 0 saturated carbocycles. The predicted molar refractivity (Wildman–Crippen MR) is 65.7 cm³/mol. The monoisotopic (exact) mass is 319 g/mol. The molecule has 2 aromatic rings. The highest BCUT2D eigenvalue weighted by atomic mass is 127. The van der Waals surface area contributed by atoms with Crippen LogP contribution in [0.1, 0.15) is 0 Å². The summed E-state index contributed by atoms with van der Waals surface area (Å²) in [5.74, 6) is 0. The van der Waals surface area contributed by atoms with Crippen LogP contribution in [0.2, 0.25) is 5.02 Å². The van der Waals surface area contributed by atoms with E-state index in [2.05, 4.69) is 27.7 Å². The maximum Gasteiger partial charge on any atom is 0.0890 e. The van der Waals surface area contributed by atoms with E-state index < -0.39 is 0 Å². The smallest absolute Gasteiger partial charge is 0.0890 e. The van der Waals surface area contributed by atoms with Crippen molar-refractivity contribution in [3.8, 4) is 5.69 Å². The van der Waals surface area contributed by atoms with Crippen LogP contribution in [0.3, 0.4) is 0 Å². The Bertz CT molecular complexity index is 467. The Hall–Kier alpha value is -0.750. The molecule has 0 radical (unpaired) electrons. The van der Waals surface area contributed by atoms with Crippen LogP contribution >= 0.6 is 34.2 Å². The van der Waals surface area contributed by atoms with Gasteiger partial charge in [-0.15, -0.1) is 0 Å². The van der Waals surface area contributed by atoms with E-state index in [1.54, 1.807) is 29.1 Å². The largest absolute Gasteiger partial charge is 0.397 e. The van der Waals surface area contributed by atoms with Crippen LogP contribution in [-0.2, 0) is 0 Å². The lowest BCUT2D eigenvalue weighted by Gasteiger charge is -2.05. The van der Waals surface area contributed by atoms with Crippen molar-refractivity contribution in [2.45, 2.75) is 0 Å². The van der Waals surface area contributed by atoms with E-state index in [0.29, 0.717) is 10.7 Å². The molecule has 0 aliphatic rings. The number of hydrogen-bond donors (Lipinski definition) is 1. The van der Waals surface area contributed by atoms with E-state index in [9.17, 15) is 0 Å². The van der Waals surface area contributed by atoms with Crippen LogP contribution in [0.4, 0.5) is 5.69 Å². The minimum atomic E-state index is 0.653. The third-order valence-corrected chi connectivity index (χ3v) is 2.58. The van der Waals surface area contributed by atoms with Gasteiger partial charge in [-0.05, 0) is 40.8 Å². The van der Waals surface area contributed by atoms with Crippen molar-refractivity contribution in [3.05, 3.63) is 39.2 Å². The first kappa shape index (κ1) is 9.79. The minimum Gasteiger partial charge on any atom is -0.397 e. The predicted octanol–water partition coefficient (Wildman–Crippen LogP) is 2.71. The van der Waals surface area contributed by atoms with Crippen molar-refractivity contribution in [1.82, 2.24) is 9.78 Å². The van der Waals surface area contributed by atoms with Crippen molar-refractivity contribution >= 4 is 39.9 Å². The molecule has 2 rings (SSSR count). The topological polar surface area (TPSA) is 43.8 Å². The molecule has 1 heterocycles. The maximum atomic E-state index is 5.87. The van der Waals surface area contributed by atoms with Crippen LogP contribution < -0.4 is 5.73 Å². The number of nitrogens with zero attached hydrogens (tertiary/aromatic N) is 2. The fourth-order valence-corrected chi connectivity index (χ4v) is 1.70. The number of nitrogens with two attached hydrogens (primary N) is 1. The summed E-state index contributed by atoms with van der Waals surface area (Å²) in [6, 6.07) is 5.32. The molecular formula is C9H7ClIN3. The van der Waals surface area contributed by atoms with Crippen LogP contribution in [-0.4, -0.2) is 9.78 Å². The highest BCUT2D eigenvalue weighted by Gasteiger charge is 2.03. The Morgan fingerprint density at radius 1 is 1.43 bits per heavy atom. The summed E-state index contributed by atoms with van der Waals surface area (Å²) in [4.78, 5) is 0. The van der Waals surface area contributed by atoms with Crippen molar-refractivity contribution in [3.63, 3.8) is 0 Å². The molecule has 3 nitrogen and oxygen atoms in total. The maximum absolute atomic E-state index is 5.87. The summed E-state index contributed by atoms with van der Waals surface area (Å²) >= 11 is 8.07. The Balaban J connectivity index is 2.55. The summed E-state index contributed by atoms with van der Waals surface area (Å²) in [5.41, 5.74) is 7.28. The van der Waals surface area contributed by atoms with Crippen molar-refractivity contribution < 1.29 is 0 Å². The lowest BCUT2D eigenvalue weighted by Crippen LogP contribution is -1.99. The lowest BCUT2D eigenvalue weighted by atomic mass is 10.3. The SMILES string of the molecule is Nc1ccc(Cl)cc1-n1cc(I)cn1. The van der Waals surface area contributed by atoms with Crippen LogP contribution in [0, 0.1) is 3.57 Å². The molecule has 0 bridgehead atoms. The quantitative estimate of drug-likeness (QED) is 0.649. The van der Waals surface area contributed by atoms with Gasteiger partial charge < -0.3 is 5.73 Å². The van der Waals surface area contributed by atoms with Crippen LogP contribution in [0.15, 0.2) is 30.6 Å². The van der Waals surface area contributed by atoms with Crippen LogP contribution in [0.5, 0.6) is 0 Å². The van der Waals surface area contributed by atoms with Gasteiger partial charge in [0.05, 0.1) is 21.1 Å². The highest BCUT2D eigenvalue weighted by Crippen LogP contribution is 2.21. The third-order valence-electron chi connectivity index (χ3n) is 1.79. The number of aromatic nitrogens is 2. The Labute approximate surface area is 100 Å². The zero-order chi connectivity index (χ0) is 10.1. The Morgan fingerprint density at radius 2 is 2.21 bits per heavy atom. The molecule has 5 heteroatoms. The normalized spacial score (nSPS) is 10.4. The lowest BCUT2D eigenvalue weighted by molar-refractivity contribution is 0.883. The van der Waals surface area contributed by atoms with Gasteiger partial charge in [0.25, 0.3) is 0 Å². The molecule has 1 aromatic carbocycles. The molecule has 0 spiro atoms. The first-order valence-electron chi connectivity index (χ1n) is 3.92. The molecule has 1 aromatic heterocycles. The minimum absolute atomic E-state index is 0.653. The molecule has 0 aliphatic heterocycles. The summed E-state index contributed by atoms with van der Waals surface area (Å²) < 4.78 is 2.77. The van der Waals surface area contributed by atoms with Gasteiger partial charge in [0.2, 0.25) is 0 Å². The molecule has 0 unspecified atom stereocenters. The average Bonchev–Trinajstić information content (AvgIpc) is 2.56. The van der Waals surface area contributed by atoms with E-state index in [0.717, 1.165) is 9.26 Å². The van der Waals surface area contributed by atoms with E-state index in [1.165, 1.54) is 0 Å². The number of halogens is 2.